The van der Waals surface area contributed by atoms with Gasteiger partial charge in [0.05, 0.1) is 12.2 Å². The predicted octanol–water partition coefficient (Wildman–Crippen LogP) is 4.41. The number of rotatable bonds is 8. The molecule has 0 atom stereocenters. The fourth-order valence-corrected chi connectivity index (χ4v) is 4.25. The largest absolute Gasteiger partial charge is 0.312 e. The van der Waals surface area contributed by atoms with Gasteiger partial charge in [0.2, 0.25) is 5.91 Å². The maximum atomic E-state index is 12.0. The number of amides is 1. The summed E-state index contributed by atoms with van der Waals surface area (Å²) in [4.78, 5) is 18.1. The van der Waals surface area contributed by atoms with E-state index in [1.165, 1.54) is 11.1 Å². The van der Waals surface area contributed by atoms with Gasteiger partial charge in [-0.15, -0.1) is 0 Å². The zero-order valence-electron chi connectivity index (χ0n) is 18.5. The van der Waals surface area contributed by atoms with Crippen LogP contribution < -0.4 is 10.2 Å². The lowest BCUT2D eigenvalue weighted by Gasteiger charge is -2.16. The molecule has 3 heterocycles. The van der Waals surface area contributed by atoms with Crippen LogP contribution in [0.2, 0.25) is 0 Å². The summed E-state index contributed by atoms with van der Waals surface area (Å²) in [5.74, 6) is 0.219. The molecule has 1 amide bonds. The molecule has 1 aliphatic rings. The molecular weight excluding hydrogens is 410 g/mol. The van der Waals surface area contributed by atoms with Gasteiger partial charge in [-0.1, -0.05) is 42.5 Å². The number of hydrogen-bond donors (Lipinski definition) is 1. The summed E-state index contributed by atoms with van der Waals surface area (Å²) >= 11 is 0. The van der Waals surface area contributed by atoms with Crippen molar-refractivity contribution in [3.05, 3.63) is 102 Å². The maximum absolute atomic E-state index is 12.0. The maximum Gasteiger partial charge on any atom is 0.227 e. The molecule has 33 heavy (non-hydrogen) atoms. The third-order valence-electron chi connectivity index (χ3n) is 5.93. The Labute approximate surface area is 193 Å². The summed E-state index contributed by atoms with van der Waals surface area (Å²) < 4.78 is 2.00. The van der Waals surface area contributed by atoms with Gasteiger partial charge < -0.3 is 10.2 Å². The minimum Gasteiger partial charge on any atom is -0.312 e. The van der Waals surface area contributed by atoms with E-state index in [0.29, 0.717) is 13.0 Å². The van der Waals surface area contributed by atoms with Gasteiger partial charge in [-0.25, -0.2) is 0 Å². The monoisotopic (exact) mass is 437 g/mol. The average Bonchev–Trinajstić information content (AvgIpc) is 3.47. The van der Waals surface area contributed by atoms with Gasteiger partial charge in [0.15, 0.2) is 0 Å². The molecule has 0 aliphatic carbocycles. The van der Waals surface area contributed by atoms with Crippen LogP contribution in [0.15, 0.2) is 85.3 Å². The molecule has 6 nitrogen and oxygen atoms in total. The number of hydrogen-bond acceptors (Lipinski definition) is 4. The fraction of sp³-hybridized carbons (Fsp3) is 0.222. The Hall–Kier alpha value is -3.77. The van der Waals surface area contributed by atoms with Gasteiger partial charge in [-0.05, 0) is 41.8 Å². The molecule has 0 radical (unpaired) electrons. The van der Waals surface area contributed by atoms with Crippen molar-refractivity contribution in [2.75, 3.05) is 11.4 Å². The first-order chi connectivity index (χ1) is 16.3. The zero-order valence-corrected chi connectivity index (χ0v) is 18.5. The second kappa shape index (κ2) is 9.79. The number of anilines is 1. The van der Waals surface area contributed by atoms with Crippen molar-refractivity contribution in [3.63, 3.8) is 0 Å². The first-order valence-electron chi connectivity index (χ1n) is 11.4. The lowest BCUT2D eigenvalue weighted by molar-refractivity contribution is -0.117. The molecule has 2 aromatic carbocycles. The smallest absolute Gasteiger partial charge is 0.227 e. The number of nitrogens with zero attached hydrogens (tertiary/aromatic N) is 4. The van der Waals surface area contributed by atoms with Gasteiger partial charge >= 0.3 is 0 Å². The first-order valence-corrected chi connectivity index (χ1v) is 11.4. The topological polar surface area (TPSA) is 63.1 Å². The predicted molar refractivity (Wildman–Crippen MR) is 130 cm³/mol. The minimum absolute atomic E-state index is 0.219. The van der Waals surface area contributed by atoms with Crippen LogP contribution in [0.4, 0.5) is 5.69 Å². The highest BCUT2D eigenvalue weighted by molar-refractivity contribution is 5.95. The van der Waals surface area contributed by atoms with E-state index >= 15 is 0 Å². The van der Waals surface area contributed by atoms with Crippen molar-refractivity contribution in [1.82, 2.24) is 20.1 Å². The Morgan fingerprint density at radius 1 is 0.909 bits per heavy atom. The highest BCUT2D eigenvalue weighted by Crippen LogP contribution is 2.23. The number of nitrogens with one attached hydrogen (secondary N) is 1. The Balaban J connectivity index is 1.27. The van der Waals surface area contributed by atoms with Crippen molar-refractivity contribution in [1.29, 1.82) is 0 Å². The van der Waals surface area contributed by atoms with Crippen LogP contribution in [0, 0.1) is 0 Å². The lowest BCUT2D eigenvalue weighted by Crippen LogP contribution is -2.23. The van der Waals surface area contributed by atoms with Crippen LogP contribution in [-0.4, -0.2) is 27.2 Å². The Bertz CT molecular complexity index is 1200. The second-order valence-electron chi connectivity index (χ2n) is 8.35. The van der Waals surface area contributed by atoms with Crippen LogP contribution in [0.3, 0.4) is 0 Å². The lowest BCUT2D eigenvalue weighted by atomic mass is 10.1. The quantitative estimate of drug-likeness (QED) is 0.444. The van der Waals surface area contributed by atoms with E-state index in [0.717, 1.165) is 48.6 Å². The average molecular weight is 438 g/mol. The highest BCUT2D eigenvalue weighted by Gasteiger charge is 2.21. The molecule has 4 aromatic rings. The molecule has 1 saturated heterocycles. The van der Waals surface area contributed by atoms with Gasteiger partial charge in [-0.2, -0.15) is 5.10 Å². The molecular formula is C27H27N5O. The normalized spacial score (nSPS) is 13.6. The van der Waals surface area contributed by atoms with Crippen molar-refractivity contribution >= 4 is 11.6 Å². The van der Waals surface area contributed by atoms with E-state index < -0.39 is 0 Å². The molecule has 0 bridgehead atoms. The highest BCUT2D eigenvalue weighted by atomic mass is 16.2. The van der Waals surface area contributed by atoms with Crippen molar-refractivity contribution in [3.8, 4) is 11.3 Å². The van der Waals surface area contributed by atoms with Crippen LogP contribution in [0.25, 0.3) is 11.3 Å². The van der Waals surface area contributed by atoms with E-state index in [4.69, 9.17) is 5.10 Å². The molecule has 0 saturated carbocycles. The van der Waals surface area contributed by atoms with E-state index in [2.05, 4.69) is 40.8 Å². The summed E-state index contributed by atoms with van der Waals surface area (Å²) in [7, 11) is 0. The molecule has 0 unspecified atom stereocenters. The SMILES string of the molecule is O=C1CCCN1c1ccc(CNCc2cn(Cc3ccccc3)nc2-c2cccnc2)cc1. The number of carbonyl (C=O) groups is 1. The van der Waals surface area contributed by atoms with Crippen LogP contribution in [0.1, 0.15) is 29.5 Å². The fourth-order valence-electron chi connectivity index (χ4n) is 4.25. The number of aromatic nitrogens is 3. The van der Waals surface area contributed by atoms with Crippen LogP contribution in [-0.2, 0) is 24.4 Å². The third kappa shape index (κ3) is 5.02. The molecule has 166 valence electrons. The van der Waals surface area contributed by atoms with E-state index in [9.17, 15) is 4.79 Å². The summed E-state index contributed by atoms with van der Waals surface area (Å²) in [5, 5.41) is 8.41. The van der Waals surface area contributed by atoms with E-state index in [1.54, 1.807) is 6.20 Å². The summed E-state index contributed by atoms with van der Waals surface area (Å²) in [5.41, 5.74) is 6.49. The molecule has 6 heteroatoms. The van der Waals surface area contributed by atoms with Crippen LogP contribution >= 0.6 is 0 Å². The molecule has 5 rings (SSSR count). The molecule has 1 N–H and O–H groups in total. The van der Waals surface area contributed by atoms with Crippen LogP contribution in [0.5, 0.6) is 0 Å². The Morgan fingerprint density at radius 3 is 2.48 bits per heavy atom. The Kier molecular flexibility index (Phi) is 6.26. The molecule has 1 fully saturated rings. The van der Waals surface area contributed by atoms with Gasteiger partial charge in [0.1, 0.15) is 0 Å². The standard InChI is InChI=1S/C27H27N5O/c33-26-9-5-15-32(26)25-12-10-21(11-13-25)16-29-18-24-20-31(19-22-6-2-1-3-7-22)30-27(24)23-8-4-14-28-17-23/h1-4,6-8,10-14,17,20,29H,5,9,15-16,18-19H2. The Morgan fingerprint density at radius 2 is 1.76 bits per heavy atom. The summed E-state index contributed by atoms with van der Waals surface area (Å²) in [6, 6.07) is 22.6. The second-order valence-corrected chi connectivity index (χ2v) is 8.35. The number of carbonyl (C=O) groups excluding carboxylic acids is 1. The van der Waals surface area contributed by atoms with E-state index in [-0.39, 0.29) is 5.91 Å². The number of benzene rings is 2. The summed E-state index contributed by atoms with van der Waals surface area (Å²) in [6.07, 6.45) is 7.35. The van der Waals surface area contributed by atoms with Gasteiger partial charge in [0.25, 0.3) is 0 Å². The summed E-state index contributed by atoms with van der Waals surface area (Å²) in [6.45, 7) is 2.99. The minimum atomic E-state index is 0.219. The third-order valence-corrected chi connectivity index (χ3v) is 5.93. The van der Waals surface area contributed by atoms with Crippen molar-refractivity contribution < 1.29 is 4.79 Å². The van der Waals surface area contributed by atoms with Gasteiger partial charge in [-0.3, -0.25) is 14.5 Å². The van der Waals surface area contributed by atoms with Crippen molar-refractivity contribution in [2.45, 2.75) is 32.5 Å². The van der Waals surface area contributed by atoms with Crippen molar-refractivity contribution in [2.24, 2.45) is 0 Å². The molecule has 2 aromatic heterocycles. The zero-order chi connectivity index (χ0) is 22.5. The molecule has 0 spiro atoms. The first kappa shape index (κ1) is 21.1. The molecule has 1 aliphatic heterocycles. The van der Waals surface area contributed by atoms with Gasteiger partial charge in [0, 0.05) is 61.5 Å². The number of pyridine rings is 1. The van der Waals surface area contributed by atoms with E-state index in [1.807, 2.05) is 58.2 Å².